The van der Waals surface area contributed by atoms with E-state index in [0.717, 1.165) is 23.2 Å². The molecule has 33 heavy (non-hydrogen) atoms. The van der Waals surface area contributed by atoms with Gasteiger partial charge in [-0.1, -0.05) is 67.3 Å². The molecule has 1 N–H and O–H groups in total. The van der Waals surface area contributed by atoms with Crippen LogP contribution in [0.2, 0.25) is 5.02 Å². The van der Waals surface area contributed by atoms with Crippen LogP contribution in [-0.2, 0) is 6.42 Å². The van der Waals surface area contributed by atoms with Gasteiger partial charge >= 0.3 is 6.09 Å². The average molecular weight is 457 g/mol. The summed E-state index contributed by atoms with van der Waals surface area (Å²) < 4.78 is 5.75. The van der Waals surface area contributed by atoms with Crippen LogP contribution in [0.5, 0.6) is 5.75 Å². The van der Waals surface area contributed by atoms with Gasteiger partial charge in [0.25, 0.3) is 0 Å². The van der Waals surface area contributed by atoms with Gasteiger partial charge in [-0.2, -0.15) is 0 Å². The lowest BCUT2D eigenvalue weighted by molar-refractivity contribution is 0.135. The molecule has 0 aliphatic carbocycles. The zero-order valence-corrected chi connectivity index (χ0v) is 19.8. The van der Waals surface area contributed by atoms with Crippen LogP contribution in [-0.4, -0.2) is 30.4 Å². The van der Waals surface area contributed by atoms with Crippen molar-refractivity contribution in [1.82, 2.24) is 9.88 Å². The molecule has 1 atom stereocenters. The largest absolute Gasteiger partial charge is 0.416 e. The number of carbonyl (C=O) groups is 1. The van der Waals surface area contributed by atoms with E-state index in [0.29, 0.717) is 23.2 Å². The first-order valence-electron chi connectivity index (χ1n) is 11.4. The van der Waals surface area contributed by atoms with Gasteiger partial charge in [0.15, 0.2) is 0 Å². The summed E-state index contributed by atoms with van der Waals surface area (Å²) >= 11 is 5.99. The number of rotatable bonds is 3. The van der Waals surface area contributed by atoms with Crippen molar-refractivity contribution in [2.75, 3.05) is 6.54 Å². The van der Waals surface area contributed by atoms with Crippen LogP contribution in [0.1, 0.15) is 48.2 Å². The van der Waals surface area contributed by atoms with Crippen molar-refractivity contribution >= 4 is 41.9 Å². The molecule has 0 bridgehead atoms. The van der Waals surface area contributed by atoms with E-state index in [2.05, 4.69) is 69.1 Å². The normalized spacial score (nSPS) is 15.6. The molecule has 1 aromatic heterocycles. The van der Waals surface area contributed by atoms with Gasteiger partial charge in [-0.15, -0.1) is 0 Å². The van der Waals surface area contributed by atoms with E-state index >= 15 is 0 Å². The van der Waals surface area contributed by atoms with Crippen molar-refractivity contribution in [2.45, 2.75) is 32.2 Å². The predicted octanol–water partition coefficient (Wildman–Crippen LogP) is 5.35. The molecule has 0 saturated heterocycles. The Kier molecular flexibility index (Phi) is 5.67. The molecular weight excluding hydrogens is 431 g/mol. The molecule has 6 heteroatoms. The predicted molar refractivity (Wildman–Crippen MR) is 137 cm³/mol. The molecule has 4 nitrogen and oxygen atoms in total. The minimum atomic E-state index is -0.365. The summed E-state index contributed by atoms with van der Waals surface area (Å²) in [7, 11) is 2.11. The lowest BCUT2D eigenvalue weighted by atomic mass is 9.89. The van der Waals surface area contributed by atoms with Gasteiger partial charge < -0.3 is 9.72 Å². The average Bonchev–Trinajstić information content (AvgIpc) is 3.17. The van der Waals surface area contributed by atoms with Crippen molar-refractivity contribution in [3.05, 3.63) is 94.1 Å². The van der Waals surface area contributed by atoms with Crippen molar-refractivity contribution in [3.63, 3.8) is 0 Å². The van der Waals surface area contributed by atoms with E-state index in [1.165, 1.54) is 22.0 Å². The maximum Gasteiger partial charge on any atom is 0.416 e. The van der Waals surface area contributed by atoms with Gasteiger partial charge in [-0.05, 0) is 59.4 Å². The number of aromatic amines is 1. The Morgan fingerprint density at radius 2 is 1.82 bits per heavy atom. The molecular formula is C27H26BClN2O2. The number of fused-ring (bicyclic) bond motifs is 3. The van der Waals surface area contributed by atoms with Gasteiger partial charge in [0.2, 0.25) is 0 Å². The number of H-pyrrole nitrogens is 1. The van der Waals surface area contributed by atoms with Crippen LogP contribution in [0.4, 0.5) is 4.79 Å². The van der Waals surface area contributed by atoms with Gasteiger partial charge in [0.1, 0.15) is 19.6 Å². The number of aromatic nitrogens is 1. The third kappa shape index (κ3) is 4.13. The highest BCUT2D eigenvalue weighted by molar-refractivity contribution is 6.33. The maximum absolute atomic E-state index is 13.3. The molecule has 0 spiro atoms. The smallest absolute Gasteiger partial charge is 0.410 e. The summed E-state index contributed by atoms with van der Waals surface area (Å²) in [6, 6.07) is 21.7. The van der Waals surface area contributed by atoms with Gasteiger partial charge in [0, 0.05) is 28.2 Å². The van der Waals surface area contributed by atoms with Gasteiger partial charge in [-0.3, -0.25) is 4.90 Å². The molecule has 2 heterocycles. The Bertz CT molecular complexity index is 1310. The zero-order chi connectivity index (χ0) is 23.1. The molecule has 1 aliphatic rings. The van der Waals surface area contributed by atoms with Gasteiger partial charge in [0.05, 0.1) is 0 Å². The number of hydrogen-bond donors (Lipinski definition) is 1. The quantitative estimate of drug-likeness (QED) is 0.422. The fourth-order valence-electron chi connectivity index (χ4n) is 4.67. The molecule has 1 amide bonds. The monoisotopic (exact) mass is 456 g/mol. The summed E-state index contributed by atoms with van der Waals surface area (Å²) in [6.07, 6.45) is 0.408. The number of ether oxygens (including phenoxy) is 1. The molecule has 0 radical (unpaired) electrons. The topological polar surface area (TPSA) is 45.3 Å². The van der Waals surface area contributed by atoms with Crippen LogP contribution in [0.15, 0.2) is 66.7 Å². The van der Waals surface area contributed by atoms with Crippen molar-refractivity contribution in [2.24, 2.45) is 0 Å². The number of benzene rings is 3. The summed E-state index contributed by atoms with van der Waals surface area (Å²) in [5, 5.41) is 1.84. The Labute approximate surface area is 199 Å². The minimum absolute atomic E-state index is 0.248. The summed E-state index contributed by atoms with van der Waals surface area (Å²) in [6.45, 7) is 4.95. The maximum atomic E-state index is 13.3. The number of nitrogens with one attached hydrogen (secondary N) is 1. The fraction of sp³-hybridized carbons (Fsp3) is 0.222. The van der Waals surface area contributed by atoms with Crippen LogP contribution in [0.25, 0.3) is 10.9 Å². The molecule has 1 aliphatic heterocycles. The van der Waals surface area contributed by atoms with E-state index in [1.807, 2.05) is 4.90 Å². The van der Waals surface area contributed by atoms with Crippen LogP contribution < -0.4 is 10.2 Å². The van der Waals surface area contributed by atoms with Crippen molar-refractivity contribution in [1.29, 1.82) is 0 Å². The zero-order valence-electron chi connectivity index (χ0n) is 19.1. The second-order valence-corrected chi connectivity index (χ2v) is 9.49. The SMILES string of the molecule is Bc1ccc2[nH]c3c(c2c1)CCN(C(=O)Oc1ccc(Cl)cc1)C3c1ccc(C(C)C)cc1. The molecule has 0 fully saturated rings. The highest BCUT2D eigenvalue weighted by Crippen LogP contribution is 2.39. The summed E-state index contributed by atoms with van der Waals surface area (Å²) in [5.41, 5.74) is 7.01. The first-order valence-corrected chi connectivity index (χ1v) is 11.7. The Hall–Kier alpha value is -3.18. The van der Waals surface area contributed by atoms with Crippen LogP contribution in [0, 0.1) is 0 Å². The minimum Gasteiger partial charge on any atom is -0.410 e. The fourth-order valence-corrected chi connectivity index (χ4v) is 4.80. The summed E-state index contributed by atoms with van der Waals surface area (Å²) in [5.74, 6) is 0.930. The summed E-state index contributed by atoms with van der Waals surface area (Å²) in [4.78, 5) is 18.8. The molecule has 3 aromatic carbocycles. The Morgan fingerprint density at radius 3 is 2.52 bits per heavy atom. The molecule has 5 rings (SSSR count). The van der Waals surface area contributed by atoms with E-state index in [9.17, 15) is 4.79 Å². The first kappa shape index (κ1) is 21.7. The number of carbonyl (C=O) groups excluding carboxylic acids is 1. The molecule has 166 valence electrons. The standard InChI is InChI=1S/C27H26BClN2O2/c1-16(2)17-3-5-18(6-4-17)26-25-22(23-15-19(28)7-12-24(23)30-25)13-14-31(26)27(32)33-21-10-8-20(29)9-11-21/h3-12,15-16,26,30H,13-14,28H2,1-2H3. The second kappa shape index (κ2) is 8.64. The van der Waals surface area contributed by atoms with Crippen molar-refractivity contribution in [3.8, 4) is 5.75 Å². The lowest BCUT2D eigenvalue weighted by Gasteiger charge is -2.35. The van der Waals surface area contributed by atoms with Crippen LogP contribution in [0.3, 0.4) is 0 Å². The highest BCUT2D eigenvalue weighted by Gasteiger charge is 2.35. The van der Waals surface area contributed by atoms with E-state index in [-0.39, 0.29) is 12.1 Å². The number of halogens is 1. The molecule has 1 unspecified atom stereocenters. The van der Waals surface area contributed by atoms with Crippen LogP contribution >= 0.6 is 11.6 Å². The highest BCUT2D eigenvalue weighted by atomic mass is 35.5. The Balaban J connectivity index is 1.57. The number of hydrogen-bond acceptors (Lipinski definition) is 2. The third-order valence-corrected chi connectivity index (χ3v) is 6.71. The van der Waals surface area contributed by atoms with Crippen molar-refractivity contribution < 1.29 is 9.53 Å². The number of amides is 1. The first-order chi connectivity index (χ1) is 15.9. The van der Waals surface area contributed by atoms with E-state index < -0.39 is 0 Å². The lowest BCUT2D eigenvalue weighted by Crippen LogP contribution is -2.42. The molecule has 4 aromatic rings. The molecule has 0 saturated carbocycles. The van der Waals surface area contributed by atoms with E-state index in [4.69, 9.17) is 16.3 Å². The van der Waals surface area contributed by atoms with Gasteiger partial charge in [-0.25, -0.2) is 4.79 Å². The second-order valence-electron chi connectivity index (χ2n) is 9.06. The number of nitrogens with zero attached hydrogens (tertiary/aromatic N) is 1. The third-order valence-electron chi connectivity index (χ3n) is 6.45. The Morgan fingerprint density at radius 1 is 1.09 bits per heavy atom. The van der Waals surface area contributed by atoms with E-state index in [1.54, 1.807) is 24.3 Å².